The predicted molar refractivity (Wildman–Crippen MR) is 96.6 cm³/mol. The number of fused-ring (bicyclic) bond motifs is 1. The Balaban J connectivity index is 1.54. The fraction of sp³-hybridized carbons (Fsp3) is 0.579. The smallest absolute Gasteiger partial charge is 0.319 e. The van der Waals surface area contributed by atoms with Gasteiger partial charge in [0, 0.05) is 57.3 Å². The molecule has 2 aliphatic rings. The van der Waals surface area contributed by atoms with Gasteiger partial charge in [0.05, 0.1) is 19.1 Å². The van der Waals surface area contributed by atoms with Crippen molar-refractivity contribution < 1.29 is 9.53 Å². The first-order valence-electron chi connectivity index (χ1n) is 8.97. The highest BCUT2D eigenvalue weighted by Gasteiger charge is 2.42. The van der Waals surface area contributed by atoms with Crippen molar-refractivity contribution in [2.75, 3.05) is 51.3 Å². The van der Waals surface area contributed by atoms with E-state index in [9.17, 15) is 4.79 Å². The normalized spacial score (nSPS) is 21.8. The van der Waals surface area contributed by atoms with E-state index < -0.39 is 0 Å². The lowest BCUT2D eigenvalue weighted by Crippen LogP contribution is -2.41. The van der Waals surface area contributed by atoms with Gasteiger partial charge >= 0.3 is 6.03 Å². The van der Waals surface area contributed by atoms with Gasteiger partial charge < -0.3 is 19.4 Å². The summed E-state index contributed by atoms with van der Waals surface area (Å²) in [7, 11) is 1.78. The number of carbonyl (C=O) groups excluding carboxylic acids is 1. The van der Waals surface area contributed by atoms with Gasteiger partial charge in [0.1, 0.15) is 5.75 Å². The minimum Gasteiger partial charge on any atom is -0.494 e. The van der Waals surface area contributed by atoms with Gasteiger partial charge in [-0.25, -0.2) is 4.79 Å². The molecule has 2 heterocycles. The fourth-order valence-electron chi connectivity index (χ4n) is 3.83. The Morgan fingerprint density at radius 1 is 1.24 bits per heavy atom. The third-order valence-electron chi connectivity index (χ3n) is 5.16. The molecule has 2 saturated heterocycles. The molecule has 25 heavy (non-hydrogen) atoms. The molecule has 0 saturated carbocycles. The average molecular weight is 342 g/mol. The number of nitrogens with zero attached hydrogens (tertiary/aromatic N) is 4. The number of carbonyl (C=O) groups is 1. The van der Waals surface area contributed by atoms with Crippen LogP contribution in [0.4, 0.5) is 10.5 Å². The first-order valence-corrected chi connectivity index (χ1v) is 8.97. The van der Waals surface area contributed by atoms with E-state index in [-0.39, 0.29) is 6.03 Å². The summed E-state index contributed by atoms with van der Waals surface area (Å²) in [5.74, 6) is 1.96. The highest BCUT2D eigenvalue weighted by atomic mass is 16.5. The van der Waals surface area contributed by atoms with Crippen molar-refractivity contribution in [2.24, 2.45) is 11.8 Å². The molecule has 2 aliphatic heterocycles. The quantitative estimate of drug-likeness (QED) is 0.824. The Kier molecular flexibility index (Phi) is 5.32. The Morgan fingerprint density at radius 2 is 1.88 bits per heavy atom. The van der Waals surface area contributed by atoms with Crippen molar-refractivity contribution in [3.05, 3.63) is 24.3 Å². The second-order valence-corrected chi connectivity index (χ2v) is 6.87. The van der Waals surface area contributed by atoms with E-state index >= 15 is 0 Å². The number of anilines is 1. The molecule has 0 bridgehead atoms. The van der Waals surface area contributed by atoms with Gasteiger partial charge in [0.2, 0.25) is 0 Å². The lowest BCUT2D eigenvalue weighted by molar-refractivity contribution is 0.171. The summed E-state index contributed by atoms with van der Waals surface area (Å²) < 4.78 is 5.50. The van der Waals surface area contributed by atoms with Crippen LogP contribution in [0.3, 0.4) is 0 Å². The maximum atomic E-state index is 12.4. The van der Waals surface area contributed by atoms with Crippen LogP contribution in [0.2, 0.25) is 0 Å². The molecule has 0 aromatic heterocycles. The number of ether oxygens (including phenoxy) is 1. The van der Waals surface area contributed by atoms with Crippen LogP contribution in [0.5, 0.6) is 5.75 Å². The number of urea groups is 1. The predicted octanol–water partition coefficient (Wildman–Crippen LogP) is 2.42. The van der Waals surface area contributed by atoms with Gasteiger partial charge in [-0.3, -0.25) is 0 Å². The van der Waals surface area contributed by atoms with E-state index in [1.54, 1.807) is 11.9 Å². The molecule has 134 valence electrons. The molecule has 6 nitrogen and oxygen atoms in total. The second-order valence-electron chi connectivity index (χ2n) is 6.87. The molecule has 3 rings (SSSR count). The van der Waals surface area contributed by atoms with E-state index in [2.05, 4.69) is 23.1 Å². The molecule has 0 aliphatic carbocycles. The van der Waals surface area contributed by atoms with Crippen LogP contribution in [0.15, 0.2) is 24.3 Å². The summed E-state index contributed by atoms with van der Waals surface area (Å²) >= 11 is 0. The molecule has 1 aromatic rings. The highest BCUT2D eigenvalue weighted by Crippen LogP contribution is 2.34. The standard InChI is InChI=1S/C19H26N4O2/c1-3-25-18-7-5-17(6-8-18)22-11-15-13-23(14-16(15)12-22)19(24)21(2)10-4-9-20/h5-8,15-16H,3-4,10-14H2,1-2H3. The molecule has 0 spiro atoms. The monoisotopic (exact) mass is 342 g/mol. The van der Waals surface area contributed by atoms with Gasteiger partial charge in [-0.15, -0.1) is 0 Å². The van der Waals surface area contributed by atoms with E-state index in [1.165, 1.54) is 5.69 Å². The summed E-state index contributed by atoms with van der Waals surface area (Å²) in [5.41, 5.74) is 1.22. The SMILES string of the molecule is CCOc1ccc(N2CC3CN(C(=O)N(C)CCC#N)CC3C2)cc1. The summed E-state index contributed by atoms with van der Waals surface area (Å²) in [5, 5.41) is 8.66. The number of amides is 2. The van der Waals surface area contributed by atoms with Crippen molar-refractivity contribution >= 4 is 11.7 Å². The molecular formula is C19H26N4O2. The van der Waals surface area contributed by atoms with Crippen molar-refractivity contribution in [1.29, 1.82) is 5.26 Å². The first kappa shape index (κ1) is 17.4. The minimum absolute atomic E-state index is 0.0530. The van der Waals surface area contributed by atoms with Gasteiger partial charge in [-0.2, -0.15) is 5.26 Å². The Hall–Kier alpha value is -2.42. The zero-order valence-electron chi connectivity index (χ0n) is 15.0. The number of hydrogen-bond acceptors (Lipinski definition) is 4. The molecule has 2 amide bonds. The van der Waals surface area contributed by atoms with Gasteiger partial charge in [-0.1, -0.05) is 0 Å². The third-order valence-corrected chi connectivity index (χ3v) is 5.16. The van der Waals surface area contributed by atoms with E-state index in [4.69, 9.17) is 10.00 Å². The fourth-order valence-corrected chi connectivity index (χ4v) is 3.83. The van der Waals surface area contributed by atoms with E-state index in [0.29, 0.717) is 31.4 Å². The lowest BCUT2D eigenvalue weighted by atomic mass is 10.0. The Morgan fingerprint density at radius 3 is 2.44 bits per heavy atom. The zero-order chi connectivity index (χ0) is 17.8. The molecule has 6 heteroatoms. The maximum Gasteiger partial charge on any atom is 0.319 e. The van der Waals surface area contributed by atoms with Crippen molar-refractivity contribution in [1.82, 2.24) is 9.80 Å². The summed E-state index contributed by atoms with van der Waals surface area (Å²) in [4.78, 5) is 18.5. The minimum atomic E-state index is 0.0530. The number of rotatable bonds is 5. The molecule has 0 N–H and O–H groups in total. The molecule has 1 aromatic carbocycles. The van der Waals surface area contributed by atoms with Crippen molar-refractivity contribution in [2.45, 2.75) is 13.3 Å². The number of hydrogen-bond donors (Lipinski definition) is 0. The van der Waals surface area contributed by atoms with Crippen LogP contribution >= 0.6 is 0 Å². The van der Waals surface area contributed by atoms with Crippen molar-refractivity contribution in [3.8, 4) is 11.8 Å². The summed E-state index contributed by atoms with van der Waals surface area (Å²) in [6, 6.07) is 10.4. The second kappa shape index (κ2) is 7.64. The van der Waals surface area contributed by atoms with Crippen LogP contribution in [0, 0.1) is 23.2 Å². The van der Waals surface area contributed by atoms with Crippen LogP contribution < -0.4 is 9.64 Å². The summed E-state index contributed by atoms with van der Waals surface area (Å²) in [6.07, 6.45) is 0.383. The zero-order valence-corrected chi connectivity index (χ0v) is 15.0. The summed E-state index contributed by atoms with van der Waals surface area (Å²) in [6.45, 7) is 6.77. The first-order chi connectivity index (χ1) is 12.1. The Bertz CT molecular complexity index is 626. The molecule has 0 radical (unpaired) electrons. The molecular weight excluding hydrogens is 316 g/mol. The molecule has 2 unspecified atom stereocenters. The number of nitriles is 1. The van der Waals surface area contributed by atoms with Gasteiger partial charge in [0.25, 0.3) is 0 Å². The van der Waals surface area contributed by atoms with Crippen molar-refractivity contribution in [3.63, 3.8) is 0 Å². The number of benzene rings is 1. The lowest BCUT2D eigenvalue weighted by Gasteiger charge is -2.26. The van der Waals surface area contributed by atoms with E-state index in [0.717, 1.165) is 31.9 Å². The topological polar surface area (TPSA) is 59.8 Å². The maximum absolute atomic E-state index is 12.4. The van der Waals surface area contributed by atoms with Crippen LogP contribution in [0.25, 0.3) is 0 Å². The molecule has 2 atom stereocenters. The average Bonchev–Trinajstić information content (AvgIpc) is 3.19. The van der Waals surface area contributed by atoms with Crippen LogP contribution in [-0.2, 0) is 0 Å². The van der Waals surface area contributed by atoms with Crippen LogP contribution in [0.1, 0.15) is 13.3 Å². The largest absolute Gasteiger partial charge is 0.494 e. The van der Waals surface area contributed by atoms with Crippen LogP contribution in [-0.4, -0.2) is 62.2 Å². The number of likely N-dealkylation sites (tertiary alicyclic amines) is 1. The molecule has 2 fully saturated rings. The van der Waals surface area contributed by atoms with Gasteiger partial charge in [0.15, 0.2) is 0 Å². The van der Waals surface area contributed by atoms with Gasteiger partial charge in [-0.05, 0) is 31.2 Å². The highest BCUT2D eigenvalue weighted by molar-refractivity contribution is 5.74. The Labute approximate surface area is 149 Å². The van der Waals surface area contributed by atoms with E-state index in [1.807, 2.05) is 24.0 Å². The third kappa shape index (κ3) is 3.81.